The van der Waals surface area contributed by atoms with Crippen molar-refractivity contribution in [1.82, 2.24) is 0 Å². The molecule has 0 atom stereocenters. The van der Waals surface area contributed by atoms with Gasteiger partial charge in [-0.25, -0.2) is 4.39 Å². The van der Waals surface area contributed by atoms with Crippen molar-refractivity contribution in [2.24, 2.45) is 5.41 Å². The third kappa shape index (κ3) is 2.12. The predicted octanol–water partition coefficient (Wildman–Crippen LogP) is 2.89. The summed E-state index contributed by atoms with van der Waals surface area (Å²) in [5, 5.41) is 9.29. The van der Waals surface area contributed by atoms with Gasteiger partial charge in [-0.3, -0.25) is 4.79 Å². The van der Waals surface area contributed by atoms with Crippen LogP contribution in [-0.4, -0.2) is 11.1 Å². The van der Waals surface area contributed by atoms with Gasteiger partial charge in [0.1, 0.15) is 5.82 Å². The number of hydrogen-bond donors (Lipinski definition) is 1. The highest BCUT2D eigenvalue weighted by Crippen LogP contribution is 2.48. The first kappa shape index (κ1) is 10.4. The molecule has 0 radical (unpaired) electrons. The van der Waals surface area contributed by atoms with Crippen LogP contribution in [-0.2, 0) is 11.2 Å². The number of aliphatic carboxylic acids is 1. The van der Waals surface area contributed by atoms with Crippen molar-refractivity contribution in [1.29, 1.82) is 0 Å². The number of rotatable bonds is 3. The number of carbonyl (C=O) groups is 1. The number of hydrogen-bond acceptors (Lipinski definition) is 1. The Kier molecular flexibility index (Phi) is 2.43. The standard InChI is InChI=1S/C11H10ClFO2/c12-8-3-7(4-9(13)5-8)6-11(1-2-11)10(14)15/h3-5H,1-2,6H2,(H,14,15). The second-order valence-corrected chi connectivity index (χ2v) is 4.48. The predicted molar refractivity (Wildman–Crippen MR) is 54.4 cm³/mol. The first-order chi connectivity index (χ1) is 7.02. The van der Waals surface area contributed by atoms with Crippen molar-refractivity contribution in [3.63, 3.8) is 0 Å². The molecule has 80 valence electrons. The zero-order valence-electron chi connectivity index (χ0n) is 7.96. The highest BCUT2D eigenvalue weighted by molar-refractivity contribution is 6.30. The molecule has 0 heterocycles. The fourth-order valence-corrected chi connectivity index (χ4v) is 1.97. The summed E-state index contributed by atoms with van der Waals surface area (Å²) in [6.07, 6.45) is 1.69. The molecule has 1 aliphatic rings. The van der Waals surface area contributed by atoms with Crippen LogP contribution >= 0.6 is 11.6 Å². The van der Waals surface area contributed by atoms with E-state index in [9.17, 15) is 9.18 Å². The molecule has 2 nitrogen and oxygen atoms in total. The molecule has 1 aromatic carbocycles. The van der Waals surface area contributed by atoms with Crippen LogP contribution in [0.4, 0.5) is 4.39 Å². The molecule has 0 amide bonds. The highest BCUT2D eigenvalue weighted by Gasteiger charge is 2.49. The summed E-state index contributed by atoms with van der Waals surface area (Å²) in [7, 11) is 0. The molecule has 0 bridgehead atoms. The van der Waals surface area contributed by atoms with Crippen LogP contribution in [0.5, 0.6) is 0 Å². The molecule has 0 aliphatic heterocycles. The lowest BCUT2D eigenvalue weighted by molar-refractivity contribution is -0.143. The van der Waals surface area contributed by atoms with E-state index in [0.717, 1.165) is 0 Å². The van der Waals surface area contributed by atoms with Crippen LogP contribution in [0.15, 0.2) is 18.2 Å². The first-order valence-corrected chi connectivity index (χ1v) is 5.08. The van der Waals surface area contributed by atoms with Crippen LogP contribution < -0.4 is 0 Å². The molecule has 0 unspecified atom stereocenters. The average Bonchev–Trinajstić information content (AvgIpc) is 2.83. The van der Waals surface area contributed by atoms with Crippen molar-refractivity contribution >= 4 is 17.6 Å². The molecular formula is C11H10ClFO2. The minimum Gasteiger partial charge on any atom is -0.481 e. The van der Waals surface area contributed by atoms with Crippen LogP contribution in [0, 0.1) is 11.2 Å². The lowest BCUT2D eigenvalue weighted by Gasteiger charge is -2.09. The molecule has 0 saturated heterocycles. The Morgan fingerprint density at radius 1 is 1.47 bits per heavy atom. The van der Waals surface area contributed by atoms with Gasteiger partial charge in [0.2, 0.25) is 0 Å². The van der Waals surface area contributed by atoms with Crippen LogP contribution in [0.3, 0.4) is 0 Å². The SMILES string of the molecule is O=C(O)C1(Cc2cc(F)cc(Cl)c2)CC1. The molecule has 1 aliphatic carbocycles. The quantitative estimate of drug-likeness (QED) is 0.864. The van der Waals surface area contributed by atoms with Gasteiger partial charge in [-0.15, -0.1) is 0 Å². The summed E-state index contributed by atoms with van der Waals surface area (Å²) in [4.78, 5) is 10.9. The molecule has 1 aromatic rings. The Labute approximate surface area is 91.7 Å². The van der Waals surface area contributed by atoms with E-state index < -0.39 is 17.2 Å². The summed E-state index contributed by atoms with van der Waals surface area (Å²) >= 11 is 5.69. The van der Waals surface area contributed by atoms with Crippen LogP contribution in [0.25, 0.3) is 0 Å². The molecule has 0 spiro atoms. The van der Waals surface area contributed by atoms with Crippen molar-refractivity contribution < 1.29 is 14.3 Å². The van der Waals surface area contributed by atoms with Gasteiger partial charge < -0.3 is 5.11 Å². The lowest BCUT2D eigenvalue weighted by Crippen LogP contribution is -2.17. The smallest absolute Gasteiger partial charge is 0.309 e. The van der Waals surface area contributed by atoms with Gasteiger partial charge >= 0.3 is 5.97 Å². The van der Waals surface area contributed by atoms with Crippen molar-refractivity contribution in [3.8, 4) is 0 Å². The van der Waals surface area contributed by atoms with E-state index in [4.69, 9.17) is 16.7 Å². The second kappa shape index (κ2) is 3.49. The zero-order valence-corrected chi connectivity index (χ0v) is 8.72. The molecule has 0 aromatic heterocycles. The second-order valence-electron chi connectivity index (χ2n) is 4.04. The Balaban J connectivity index is 2.21. The fourth-order valence-electron chi connectivity index (χ4n) is 1.72. The van der Waals surface area contributed by atoms with Crippen LogP contribution in [0.2, 0.25) is 5.02 Å². The van der Waals surface area contributed by atoms with Gasteiger partial charge in [0.05, 0.1) is 5.41 Å². The number of benzene rings is 1. The first-order valence-electron chi connectivity index (χ1n) is 4.70. The Hall–Kier alpha value is -1.09. The zero-order chi connectivity index (χ0) is 11.1. The highest BCUT2D eigenvalue weighted by atomic mass is 35.5. The Bertz CT molecular complexity index is 393. The maximum Gasteiger partial charge on any atom is 0.309 e. The topological polar surface area (TPSA) is 37.3 Å². The number of carboxylic acid groups (broad SMARTS) is 1. The van der Waals surface area contributed by atoms with Crippen LogP contribution in [0.1, 0.15) is 18.4 Å². The van der Waals surface area contributed by atoms with Crippen molar-refractivity contribution in [2.45, 2.75) is 19.3 Å². The van der Waals surface area contributed by atoms with E-state index in [1.165, 1.54) is 12.1 Å². The molecule has 1 saturated carbocycles. The minimum absolute atomic E-state index is 0.311. The van der Waals surface area contributed by atoms with Gasteiger partial charge in [-0.1, -0.05) is 11.6 Å². The Morgan fingerprint density at radius 3 is 2.60 bits per heavy atom. The summed E-state index contributed by atoms with van der Waals surface area (Å²) < 4.78 is 13.0. The normalized spacial score (nSPS) is 17.5. The maximum atomic E-state index is 13.0. The molecule has 1 fully saturated rings. The van der Waals surface area contributed by atoms with Gasteiger partial charge in [-0.05, 0) is 43.0 Å². The minimum atomic E-state index is -0.803. The average molecular weight is 229 g/mol. The molecular weight excluding hydrogens is 219 g/mol. The van der Waals surface area contributed by atoms with E-state index in [-0.39, 0.29) is 0 Å². The summed E-state index contributed by atoms with van der Waals surface area (Å²) in [5.41, 5.74) is -0.0168. The third-order valence-corrected chi connectivity index (χ3v) is 2.99. The summed E-state index contributed by atoms with van der Waals surface area (Å²) in [5.74, 6) is -1.22. The summed E-state index contributed by atoms with van der Waals surface area (Å²) in [6, 6.07) is 4.17. The molecule has 1 N–H and O–H groups in total. The van der Waals surface area contributed by atoms with E-state index in [2.05, 4.69) is 0 Å². The fraction of sp³-hybridized carbons (Fsp3) is 0.364. The number of halogens is 2. The third-order valence-electron chi connectivity index (χ3n) is 2.77. The van der Waals surface area contributed by atoms with E-state index in [0.29, 0.717) is 29.8 Å². The van der Waals surface area contributed by atoms with E-state index >= 15 is 0 Å². The van der Waals surface area contributed by atoms with Crippen molar-refractivity contribution in [2.75, 3.05) is 0 Å². The molecule has 15 heavy (non-hydrogen) atoms. The van der Waals surface area contributed by atoms with Gasteiger partial charge in [0, 0.05) is 5.02 Å². The largest absolute Gasteiger partial charge is 0.481 e. The molecule has 4 heteroatoms. The maximum absolute atomic E-state index is 13.0. The monoisotopic (exact) mass is 228 g/mol. The van der Waals surface area contributed by atoms with E-state index in [1.807, 2.05) is 0 Å². The lowest BCUT2D eigenvalue weighted by atomic mass is 9.97. The van der Waals surface area contributed by atoms with E-state index in [1.54, 1.807) is 6.07 Å². The Morgan fingerprint density at radius 2 is 2.13 bits per heavy atom. The molecule has 2 rings (SSSR count). The van der Waals surface area contributed by atoms with Gasteiger partial charge in [0.15, 0.2) is 0 Å². The number of carboxylic acids is 1. The van der Waals surface area contributed by atoms with Gasteiger partial charge in [-0.2, -0.15) is 0 Å². The van der Waals surface area contributed by atoms with Crippen molar-refractivity contribution in [3.05, 3.63) is 34.6 Å². The summed E-state index contributed by atoms with van der Waals surface area (Å²) in [6.45, 7) is 0. The van der Waals surface area contributed by atoms with Gasteiger partial charge in [0.25, 0.3) is 0 Å².